The van der Waals surface area contributed by atoms with Gasteiger partial charge in [0.1, 0.15) is 12.0 Å². The molecular weight excluding hydrogens is 308 g/mol. The van der Waals surface area contributed by atoms with E-state index in [1.165, 1.54) is 12.3 Å². The van der Waals surface area contributed by atoms with Crippen LogP contribution in [0.25, 0.3) is 0 Å². The van der Waals surface area contributed by atoms with Gasteiger partial charge < -0.3 is 15.6 Å². The highest BCUT2D eigenvalue weighted by molar-refractivity contribution is 7.88. The van der Waals surface area contributed by atoms with Crippen molar-refractivity contribution in [1.82, 2.24) is 15.2 Å². The van der Waals surface area contributed by atoms with Crippen molar-refractivity contribution in [3.63, 3.8) is 0 Å². The van der Waals surface area contributed by atoms with Gasteiger partial charge in [0.25, 0.3) is 0 Å². The van der Waals surface area contributed by atoms with E-state index in [4.69, 9.17) is 5.73 Å². The number of nitrogens with zero attached hydrogens (tertiary/aromatic N) is 1. The molecule has 126 valence electrons. The molecular formula is C13H24N4O4S. The fourth-order valence-corrected chi connectivity index (χ4v) is 3.13. The fourth-order valence-electron chi connectivity index (χ4n) is 2.08. The molecule has 0 saturated carbocycles. The molecule has 1 aromatic rings. The maximum Gasteiger partial charge on any atom is 0.227 e. The first-order valence-electron chi connectivity index (χ1n) is 7.24. The highest BCUT2D eigenvalue weighted by atomic mass is 32.2. The number of sulfonamides is 1. The summed E-state index contributed by atoms with van der Waals surface area (Å²) in [7, 11) is -3.50. The van der Waals surface area contributed by atoms with Crippen LogP contribution < -0.4 is 15.8 Å². The molecule has 0 aliphatic rings. The lowest BCUT2D eigenvalue weighted by molar-refractivity contribution is -0.130. The second-order valence-corrected chi connectivity index (χ2v) is 6.90. The highest BCUT2D eigenvalue weighted by Crippen LogP contribution is 2.24. The molecule has 0 saturated heterocycles. The average molecular weight is 332 g/mol. The number of hydrogen-bond donors (Lipinski definition) is 3. The molecule has 8 nitrogen and oxygen atoms in total. The molecule has 0 fully saturated rings. The van der Waals surface area contributed by atoms with Crippen LogP contribution in [0.15, 0.2) is 16.9 Å². The van der Waals surface area contributed by atoms with Crippen LogP contribution >= 0.6 is 0 Å². The average Bonchev–Trinajstić information content (AvgIpc) is 2.98. The van der Waals surface area contributed by atoms with E-state index in [0.29, 0.717) is 18.5 Å². The minimum absolute atomic E-state index is 0.111. The molecule has 1 amide bonds. The Morgan fingerprint density at radius 3 is 2.55 bits per heavy atom. The van der Waals surface area contributed by atoms with Gasteiger partial charge in [-0.25, -0.2) is 13.1 Å². The number of nitrogens with one attached hydrogen (secondary N) is 2. The molecule has 0 aliphatic carbocycles. The van der Waals surface area contributed by atoms with E-state index in [-0.39, 0.29) is 31.3 Å². The van der Waals surface area contributed by atoms with Crippen molar-refractivity contribution >= 4 is 15.9 Å². The fraction of sp³-hybridized carbons (Fsp3) is 0.692. The minimum Gasteiger partial charge on any atom is -0.364 e. The summed E-state index contributed by atoms with van der Waals surface area (Å²) in [5.41, 5.74) is 5.44. The molecule has 1 rings (SSSR count). The number of nitrogens with two attached hydrogens (primary N) is 1. The predicted octanol–water partition coefficient (Wildman–Crippen LogP) is -0.0247. The number of carbonyl (C=O) groups is 1. The monoisotopic (exact) mass is 332 g/mol. The number of rotatable bonds is 10. The SMILES string of the molecule is CCC(CC)(CN)C(=O)NCCNS(=O)(=O)Cc1ccon1. The third kappa shape index (κ3) is 5.08. The van der Waals surface area contributed by atoms with E-state index in [2.05, 4.69) is 19.7 Å². The molecule has 0 unspecified atom stereocenters. The smallest absolute Gasteiger partial charge is 0.227 e. The van der Waals surface area contributed by atoms with Crippen LogP contribution in [0.5, 0.6) is 0 Å². The Morgan fingerprint density at radius 1 is 1.36 bits per heavy atom. The van der Waals surface area contributed by atoms with Gasteiger partial charge in [-0.3, -0.25) is 4.79 Å². The zero-order valence-corrected chi connectivity index (χ0v) is 13.8. The van der Waals surface area contributed by atoms with E-state index >= 15 is 0 Å². The van der Waals surface area contributed by atoms with Crippen molar-refractivity contribution in [2.75, 3.05) is 19.6 Å². The first-order valence-corrected chi connectivity index (χ1v) is 8.89. The van der Waals surface area contributed by atoms with Gasteiger partial charge >= 0.3 is 0 Å². The van der Waals surface area contributed by atoms with Crippen molar-refractivity contribution in [3.8, 4) is 0 Å². The number of hydrogen-bond acceptors (Lipinski definition) is 6. The van der Waals surface area contributed by atoms with E-state index in [1.54, 1.807) is 0 Å². The number of aromatic nitrogens is 1. The van der Waals surface area contributed by atoms with Gasteiger partial charge in [-0.15, -0.1) is 0 Å². The van der Waals surface area contributed by atoms with Crippen LogP contribution in [-0.2, 0) is 20.6 Å². The Kier molecular flexibility index (Phi) is 6.98. The van der Waals surface area contributed by atoms with Crippen molar-refractivity contribution in [1.29, 1.82) is 0 Å². The van der Waals surface area contributed by atoms with Gasteiger partial charge in [-0.05, 0) is 12.8 Å². The maximum atomic E-state index is 12.1. The van der Waals surface area contributed by atoms with Gasteiger partial charge in [-0.2, -0.15) is 0 Å². The van der Waals surface area contributed by atoms with Crippen molar-refractivity contribution in [2.45, 2.75) is 32.4 Å². The van der Waals surface area contributed by atoms with Crippen LogP contribution in [0.2, 0.25) is 0 Å². The molecule has 0 aromatic carbocycles. The molecule has 22 heavy (non-hydrogen) atoms. The van der Waals surface area contributed by atoms with E-state index in [0.717, 1.165) is 0 Å². The van der Waals surface area contributed by atoms with Crippen molar-refractivity contribution in [2.24, 2.45) is 11.1 Å². The topological polar surface area (TPSA) is 127 Å². The Bertz CT molecular complexity index is 544. The van der Waals surface area contributed by atoms with Crippen molar-refractivity contribution in [3.05, 3.63) is 18.0 Å². The molecule has 0 radical (unpaired) electrons. The summed E-state index contributed by atoms with van der Waals surface area (Å²) in [4.78, 5) is 12.1. The normalized spacial score (nSPS) is 12.3. The Morgan fingerprint density at radius 2 is 2.05 bits per heavy atom. The summed E-state index contributed by atoms with van der Waals surface area (Å²) in [5.74, 6) is -0.399. The summed E-state index contributed by atoms with van der Waals surface area (Å²) < 4.78 is 30.5. The van der Waals surface area contributed by atoms with Crippen LogP contribution in [0.4, 0.5) is 0 Å². The molecule has 0 bridgehead atoms. The summed E-state index contributed by atoms with van der Waals surface area (Å²) in [5, 5.41) is 6.27. The van der Waals surface area contributed by atoms with Crippen molar-refractivity contribution < 1.29 is 17.7 Å². The lowest BCUT2D eigenvalue weighted by Gasteiger charge is -2.28. The van der Waals surface area contributed by atoms with Gasteiger partial charge in [0.15, 0.2) is 0 Å². The Labute approximate surface area is 130 Å². The van der Waals surface area contributed by atoms with Gasteiger partial charge in [0, 0.05) is 25.7 Å². The molecule has 1 aromatic heterocycles. The third-order valence-corrected chi connectivity index (χ3v) is 5.11. The summed E-state index contributed by atoms with van der Waals surface area (Å²) in [6.45, 7) is 4.41. The van der Waals surface area contributed by atoms with Gasteiger partial charge in [0.05, 0.1) is 11.1 Å². The number of amides is 1. The van der Waals surface area contributed by atoms with Gasteiger partial charge in [0.2, 0.25) is 15.9 Å². The van der Waals surface area contributed by atoms with E-state index in [9.17, 15) is 13.2 Å². The highest BCUT2D eigenvalue weighted by Gasteiger charge is 2.32. The third-order valence-electron chi connectivity index (χ3n) is 3.79. The van der Waals surface area contributed by atoms with E-state index in [1.807, 2.05) is 13.8 Å². The largest absolute Gasteiger partial charge is 0.364 e. The molecule has 1 heterocycles. The minimum atomic E-state index is -3.50. The quantitative estimate of drug-likeness (QED) is 0.517. The molecule has 0 aliphatic heterocycles. The lowest BCUT2D eigenvalue weighted by atomic mass is 9.81. The lowest BCUT2D eigenvalue weighted by Crippen LogP contribution is -2.47. The van der Waals surface area contributed by atoms with Crippen LogP contribution in [0.3, 0.4) is 0 Å². The van der Waals surface area contributed by atoms with Crippen LogP contribution in [-0.4, -0.2) is 39.1 Å². The summed E-state index contributed by atoms with van der Waals surface area (Å²) in [6.07, 6.45) is 2.60. The maximum absolute atomic E-state index is 12.1. The standard InChI is InChI=1S/C13H24N4O4S/c1-3-13(4-2,10-14)12(18)15-6-7-16-22(19,20)9-11-5-8-21-17-11/h5,8,16H,3-4,6-7,9-10,14H2,1-2H3,(H,15,18). The number of carbonyl (C=O) groups excluding carboxylic acids is 1. The zero-order valence-electron chi connectivity index (χ0n) is 13.0. The molecule has 0 atom stereocenters. The predicted molar refractivity (Wildman–Crippen MR) is 82.2 cm³/mol. The molecule has 4 N–H and O–H groups in total. The van der Waals surface area contributed by atoms with Crippen LogP contribution in [0.1, 0.15) is 32.4 Å². The summed E-state index contributed by atoms with van der Waals surface area (Å²) in [6, 6.07) is 1.49. The Hall–Kier alpha value is -1.45. The van der Waals surface area contributed by atoms with E-state index < -0.39 is 15.4 Å². The zero-order chi connectivity index (χ0) is 16.6. The second kappa shape index (κ2) is 8.25. The van der Waals surface area contributed by atoms with Crippen LogP contribution in [0, 0.1) is 5.41 Å². The second-order valence-electron chi connectivity index (χ2n) is 5.09. The first-order chi connectivity index (χ1) is 10.4. The first kappa shape index (κ1) is 18.6. The molecule has 9 heteroatoms. The summed E-state index contributed by atoms with van der Waals surface area (Å²) >= 11 is 0. The Balaban J connectivity index is 2.40. The molecule has 0 spiro atoms. The van der Waals surface area contributed by atoms with Gasteiger partial charge in [-0.1, -0.05) is 19.0 Å².